The zero-order valence-electron chi connectivity index (χ0n) is 11.2. The van der Waals surface area contributed by atoms with E-state index >= 15 is 0 Å². The minimum Gasteiger partial charge on any atom is -0.462 e. The molecule has 0 spiro atoms. The van der Waals surface area contributed by atoms with E-state index in [-0.39, 0.29) is 12.4 Å². The van der Waals surface area contributed by atoms with E-state index in [1.165, 1.54) is 24.3 Å². The normalized spacial score (nSPS) is 10.2. The maximum Gasteiger partial charge on any atom is 0.338 e. The van der Waals surface area contributed by atoms with Gasteiger partial charge in [0, 0.05) is 0 Å². The Balaban J connectivity index is 2.30. The number of nitrogens with two attached hydrogens (primary N) is 1. The maximum atomic E-state index is 13.0. The molecule has 2 aromatic rings. The molecule has 0 saturated carbocycles. The van der Waals surface area contributed by atoms with Crippen molar-refractivity contribution in [3.05, 3.63) is 52.3 Å². The van der Waals surface area contributed by atoms with Gasteiger partial charge >= 0.3 is 5.97 Å². The molecule has 0 amide bonds. The van der Waals surface area contributed by atoms with Gasteiger partial charge in [-0.05, 0) is 59.3 Å². The van der Waals surface area contributed by atoms with Crippen molar-refractivity contribution >= 4 is 27.6 Å². The molecular weight excluding hydrogens is 341 g/mol. The Morgan fingerprint density at radius 3 is 2.67 bits per heavy atom. The minimum atomic E-state index is -0.458. The third-order valence-corrected chi connectivity index (χ3v) is 3.26. The first-order valence-electron chi connectivity index (χ1n) is 6.20. The standard InChI is InChI=1S/C15H13BrFNO3/c1-2-20-15(19)9-3-5-12(18)14(7-9)21-13-6-4-10(17)8-11(13)16/h3-8H,2,18H2,1H3. The molecule has 2 rings (SSSR count). The first-order chi connectivity index (χ1) is 10.0. The van der Waals surface area contributed by atoms with Crippen LogP contribution >= 0.6 is 15.9 Å². The van der Waals surface area contributed by atoms with Gasteiger partial charge in [0.1, 0.15) is 11.6 Å². The number of carbonyl (C=O) groups is 1. The van der Waals surface area contributed by atoms with E-state index in [0.717, 1.165) is 0 Å². The number of ether oxygens (including phenoxy) is 2. The van der Waals surface area contributed by atoms with E-state index in [9.17, 15) is 9.18 Å². The first-order valence-corrected chi connectivity index (χ1v) is 7.00. The highest BCUT2D eigenvalue weighted by molar-refractivity contribution is 9.10. The summed E-state index contributed by atoms with van der Waals surface area (Å²) >= 11 is 3.20. The summed E-state index contributed by atoms with van der Waals surface area (Å²) < 4.78 is 24.0. The van der Waals surface area contributed by atoms with E-state index in [4.69, 9.17) is 15.2 Å². The second-order valence-electron chi connectivity index (χ2n) is 4.15. The summed E-state index contributed by atoms with van der Waals surface area (Å²) in [4.78, 5) is 11.7. The van der Waals surface area contributed by atoms with Gasteiger partial charge in [0.2, 0.25) is 0 Å². The number of hydrogen-bond acceptors (Lipinski definition) is 4. The van der Waals surface area contributed by atoms with Gasteiger partial charge in [-0.2, -0.15) is 0 Å². The molecule has 0 fully saturated rings. The van der Waals surface area contributed by atoms with Gasteiger partial charge in [-0.1, -0.05) is 0 Å². The Morgan fingerprint density at radius 2 is 2.00 bits per heavy atom. The Hall–Kier alpha value is -2.08. The van der Waals surface area contributed by atoms with E-state index in [0.29, 0.717) is 27.2 Å². The van der Waals surface area contributed by atoms with Crippen LogP contribution < -0.4 is 10.5 Å². The fourth-order valence-electron chi connectivity index (χ4n) is 1.64. The molecule has 6 heteroatoms. The quantitative estimate of drug-likeness (QED) is 0.662. The topological polar surface area (TPSA) is 61.5 Å². The van der Waals surface area contributed by atoms with Crippen LogP contribution in [0.4, 0.5) is 10.1 Å². The molecule has 0 saturated heterocycles. The van der Waals surface area contributed by atoms with Gasteiger partial charge in [0.25, 0.3) is 0 Å². The zero-order valence-corrected chi connectivity index (χ0v) is 12.8. The van der Waals surface area contributed by atoms with Gasteiger partial charge in [-0.15, -0.1) is 0 Å². The van der Waals surface area contributed by atoms with Crippen molar-refractivity contribution < 1.29 is 18.7 Å². The highest BCUT2D eigenvalue weighted by Crippen LogP contribution is 2.33. The second-order valence-corrected chi connectivity index (χ2v) is 5.00. The van der Waals surface area contributed by atoms with Gasteiger partial charge in [-0.3, -0.25) is 0 Å². The number of halogens is 2. The molecule has 0 aliphatic carbocycles. The zero-order chi connectivity index (χ0) is 15.4. The third-order valence-electron chi connectivity index (χ3n) is 2.64. The molecule has 110 valence electrons. The van der Waals surface area contributed by atoms with Gasteiger partial charge < -0.3 is 15.2 Å². The molecule has 2 N–H and O–H groups in total. The lowest BCUT2D eigenvalue weighted by Crippen LogP contribution is -2.05. The van der Waals surface area contributed by atoms with Crippen molar-refractivity contribution in [2.75, 3.05) is 12.3 Å². The predicted octanol–water partition coefficient (Wildman–Crippen LogP) is 4.14. The molecule has 0 aliphatic rings. The summed E-state index contributed by atoms with van der Waals surface area (Å²) in [7, 11) is 0. The molecule has 21 heavy (non-hydrogen) atoms. The summed E-state index contributed by atoms with van der Waals surface area (Å²) in [6.45, 7) is 2.01. The van der Waals surface area contributed by atoms with Crippen molar-refractivity contribution in [1.82, 2.24) is 0 Å². The molecule has 0 heterocycles. The maximum absolute atomic E-state index is 13.0. The van der Waals surface area contributed by atoms with Crippen LogP contribution in [0.5, 0.6) is 11.5 Å². The van der Waals surface area contributed by atoms with E-state index in [2.05, 4.69) is 15.9 Å². The van der Waals surface area contributed by atoms with Crippen molar-refractivity contribution in [1.29, 1.82) is 0 Å². The number of anilines is 1. The van der Waals surface area contributed by atoms with Crippen LogP contribution in [0.1, 0.15) is 17.3 Å². The summed E-state index contributed by atoms with van der Waals surface area (Å²) in [6, 6.07) is 8.62. The smallest absolute Gasteiger partial charge is 0.338 e. The molecular formula is C15H13BrFNO3. The average molecular weight is 354 g/mol. The van der Waals surface area contributed by atoms with Crippen LogP contribution in [0.2, 0.25) is 0 Å². The molecule has 0 aromatic heterocycles. The Labute approximate surface area is 129 Å². The number of hydrogen-bond donors (Lipinski definition) is 1. The molecule has 0 atom stereocenters. The molecule has 0 bridgehead atoms. The predicted molar refractivity (Wildman–Crippen MR) is 81.0 cm³/mol. The number of nitrogen functional groups attached to an aromatic ring is 1. The number of carbonyl (C=O) groups excluding carboxylic acids is 1. The van der Waals surface area contributed by atoms with Gasteiger partial charge in [-0.25, -0.2) is 9.18 Å². The lowest BCUT2D eigenvalue weighted by molar-refractivity contribution is 0.0526. The summed E-state index contributed by atoms with van der Waals surface area (Å²) in [5.74, 6) is -0.153. The summed E-state index contributed by atoms with van der Waals surface area (Å²) in [6.07, 6.45) is 0. The van der Waals surface area contributed by atoms with Gasteiger partial charge in [0.15, 0.2) is 5.75 Å². The van der Waals surface area contributed by atoms with Crippen molar-refractivity contribution in [2.45, 2.75) is 6.92 Å². The van der Waals surface area contributed by atoms with E-state index < -0.39 is 5.97 Å². The lowest BCUT2D eigenvalue weighted by Gasteiger charge is -2.11. The van der Waals surface area contributed by atoms with Crippen LogP contribution in [-0.4, -0.2) is 12.6 Å². The van der Waals surface area contributed by atoms with Crippen LogP contribution in [0.3, 0.4) is 0 Å². The van der Waals surface area contributed by atoms with Crippen LogP contribution in [0.15, 0.2) is 40.9 Å². The first kappa shape index (κ1) is 15.3. The van der Waals surface area contributed by atoms with Crippen molar-refractivity contribution in [2.24, 2.45) is 0 Å². The van der Waals surface area contributed by atoms with Crippen LogP contribution in [0.25, 0.3) is 0 Å². The highest BCUT2D eigenvalue weighted by atomic mass is 79.9. The second kappa shape index (κ2) is 6.58. The fourth-order valence-corrected chi connectivity index (χ4v) is 2.07. The molecule has 0 radical (unpaired) electrons. The number of rotatable bonds is 4. The van der Waals surface area contributed by atoms with E-state index in [1.54, 1.807) is 19.1 Å². The van der Waals surface area contributed by atoms with Crippen molar-refractivity contribution in [3.63, 3.8) is 0 Å². The minimum absolute atomic E-state index is 0.281. The highest BCUT2D eigenvalue weighted by Gasteiger charge is 2.12. The number of benzene rings is 2. The largest absolute Gasteiger partial charge is 0.462 e. The molecule has 4 nitrogen and oxygen atoms in total. The third kappa shape index (κ3) is 3.72. The SMILES string of the molecule is CCOC(=O)c1ccc(N)c(Oc2ccc(F)cc2Br)c1. The Morgan fingerprint density at radius 1 is 1.24 bits per heavy atom. The molecule has 0 unspecified atom stereocenters. The summed E-state index contributed by atoms with van der Waals surface area (Å²) in [5, 5.41) is 0. The van der Waals surface area contributed by atoms with Gasteiger partial charge in [0.05, 0.1) is 22.3 Å². The monoisotopic (exact) mass is 353 g/mol. The number of esters is 1. The fraction of sp³-hybridized carbons (Fsp3) is 0.133. The van der Waals surface area contributed by atoms with Crippen molar-refractivity contribution in [3.8, 4) is 11.5 Å². The average Bonchev–Trinajstić information content (AvgIpc) is 2.44. The van der Waals surface area contributed by atoms with Crippen LogP contribution in [-0.2, 0) is 4.74 Å². The Kier molecular flexibility index (Phi) is 4.80. The molecule has 0 aliphatic heterocycles. The van der Waals surface area contributed by atoms with Crippen LogP contribution in [0, 0.1) is 5.82 Å². The summed E-state index contributed by atoms with van der Waals surface area (Å²) in [5.41, 5.74) is 6.52. The molecule has 2 aromatic carbocycles. The Bertz CT molecular complexity index is 676. The van der Waals surface area contributed by atoms with E-state index in [1.807, 2.05) is 0 Å². The lowest BCUT2D eigenvalue weighted by atomic mass is 10.2.